The maximum atomic E-state index is 12.2. The number of para-hydroxylation sites is 2. The second kappa shape index (κ2) is 19.3. The zero-order chi connectivity index (χ0) is 52.9. The van der Waals surface area contributed by atoms with Gasteiger partial charge in [0.1, 0.15) is 12.1 Å². The van der Waals surface area contributed by atoms with E-state index in [4.69, 9.17) is 0 Å². The summed E-state index contributed by atoms with van der Waals surface area (Å²) in [5.41, 5.74) is 15.4. The molecule has 0 atom stereocenters. The highest BCUT2D eigenvalue weighted by Gasteiger charge is 2.55. The number of nitriles is 2. The molecule has 1 heterocycles. The molecule has 1 aliphatic heterocycles. The Kier molecular flexibility index (Phi) is 12.9. The van der Waals surface area contributed by atoms with Crippen LogP contribution in [0.25, 0.3) is 33.4 Å². The zero-order valence-corrected chi connectivity index (χ0v) is 44.9. The molecule has 5 heteroatoms. The fraction of sp³-hybridized carbons (Fsp3) is 0.200. The first-order valence-electron chi connectivity index (χ1n) is 26.1. The Morgan fingerprint density at radius 1 is 0.373 bits per heavy atom. The molecular weight excluding hydrogens is 911 g/mol. The van der Waals surface area contributed by atoms with Crippen molar-refractivity contribution in [2.24, 2.45) is 0 Å². The first-order valence-corrected chi connectivity index (χ1v) is 26.1. The van der Waals surface area contributed by atoms with Crippen LogP contribution < -0.4 is 14.7 Å². The molecule has 75 heavy (non-hydrogen) atoms. The minimum atomic E-state index is -0.803. The predicted octanol–water partition coefficient (Wildman–Crippen LogP) is 19.0. The molecule has 0 unspecified atom stereocenters. The summed E-state index contributed by atoms with van der Waals surface area (Å²) in [6.07, 6.45) is 0. The van der Waals surface area contributed by atoms with Crippen LogP contribution in [0.2, 0.25) is 0 Å². The Labute approximate surface area is 445 Å². The maximum absolute atomic E-state index is 12.2. The molecule has 1 aliphatic rings. The minimum absolute atomic E-state index is 0.104. The van der Waals surface area contributed by atoms with Crippen molar-refractivity contribution in [3.63, 3.8) is 0 Å². The van der Waals surface area contributed by atoms with Crippen LogP contribution in [0.3, 0.4) is 0 Å². The molecule has 0 aromatic heterocycles. The summed E-state index contributed by atoms with van der Waals surface area (Å²) in [6.45, 7) is 22.5. The van der Waals surface area contributed by atoms with Crippen LogP contribution in [0, 0.1) is 22.7 Å². The minimum Gasteiger partial charge on any atom is -0.353 e. The van der Waals surface area contributed by atoms with Crippen LogP contribution in [0.5, 0.6) is 0 Å². The number of rotatable bonds is 10. The van der Waals surface area contributed by atoms with E-state index in [1.165, 1.54) is 11.1 Å². The largest absolute Gasteiger partial charge is 0.353 e. The van der Waals surface area contributed by atoms with E-state index in [1.54, 1.807) is 0 Å². The van der Waals surface area contributed by atoms with Crippen LogP contribution in [-0.4, -0.2) is 0 Å². The summed E-state index contributed by atoms with van der Waals surface area (Å²) in [5, 5.41) is 24.4. The van der Waals surface area contributed by atoms with Crippen molar-refractivity contribution in [1.29, 1.82) is 10.5 Å². The number of benzene rings is 9. The van der Waals surface area contributed by atoms with Gasteiger partial charge in [-0.1, -0.05) is 205 Å². The van der Waals surface area contributed by atoms with Crippen molar-refractivity contribution in [3.05, 3.63) is 246 Å². The molecule has 5 nitrogen and oxygen atoms in total. The van der Waals surface area contributed by atoms with Crippen molar-refractivity contribution < 1.29 is 0 Å². The molecule has 9 aromatic carbocycles. The third kappa shape index (κ3) is 8.94. The molecule has 0 fully saturated rings. The lowest BCUT2D eigenvalue weighted by Crippen LogP contribution is -2.46. The highest BCUT2D eigenvalue weighted by atomic mass is 15.3. The van der Waals surface area contributed by atoms with E-state index in [-0.39, 0.29) is 10.8 Å². The molecule has 9 aromatic rings. The lowest BCUT2D eigenvalue weighted by Gasteiger charge is -2.44. The third-order valence-electron chi connectivity index (χ3n) is 15.1. The summed E-state index contributed by atoms with van der Waals surface area (Å²) in [6, 6.07) is 80.3. The Bertz CT molecular complexity index is 3400. The number of fused-ring (bicyclic) bond motifs is 1. The first-order chi connectivity index (χ1) is 35.9. The fourth-order valence-corrected chi connectivity index (χ4v) is 11.6. The van der Waals surface area contributed by atoms with Gasteiger partial charge < -0.3 is 14.7 Å². The summed E-state index contributed by atoms with van der Waals surface area (Å²) in [4.78, 5) is 7.07. The maximum Gasteiger partial charge on any atom is 0.103 e. The quantitative estimate of drug-likeness (QED) is 0.137. The summed E-state index contributed by atoms with van der Waals surface area (Å²) in [5.74, 6) is 0. The topological polar surface area (TPSA) is 57.3 Å². The number of hydrogen-bond donors (Lipinski definition) is 0. The van der Waals surface area contributed by atoms with Crippen molar-refractivity contribution in [2.75, 3.05) is 14.7 Å². The van der Waals surface area contributed by atoms with Gasteiger partial charge in [0.2, 0.25) is 0 Å². The molecule has 0 radical (unpaired) electrons. The van der Waals surface area contributed by atoms with Crippen molar-refractivity contribution in [2.45, 2.75) is 91.1 Å². The van der Waals surface area contributed by atoms with Crippen LogP contribution >= 0.6 is 0 Å². The average Bonchev–Trinajstić information content (AvgIpc) is 3.82. The van der Waals surface area contributed by atoms with Crippen LogP contribution in [-0.2, 0) is 21.9 Å². The van der Waals surface area contributed by atoms with Crippen LogP contribution in [0.15, 0.2) is 212 Å². The van der Waals surface area contributed by atoms with Crippen molar-refractivity contribution >= 4 is 39.8 Å². The van der Waals surface area contributed by atoms with Gasteiger partial charge in [-0.2, -0.15) is 10.5 Å². The fourth-order valence-electron chi connectivity index (χ4n) is 11.6. The van der Waals surface area contributed by atoms with Gasteiger partial charge in [0.15, 0.2) is 0 Å². The second-order valence-corrected chi connectivity index (χ2v) is 22.8. The van der Waals surface area contributed by atoms with Crippen molar-refractivity contribution in [3.8, 4) is 45.5 Å². The number of anilines is 7. The molecular formula is C70H65N5. The molecule has 370 valence electrons. The average molecular weight is 976 g/mol. The molecule has 0 spiro atoms. The van der Waals surface area contributed by atoms with E-state index < -0.39 is 11.1 Å². The Morgan fingerprint density at radius 2 is 0.693 bits per heavy atom. The lowest BCUT2D eigenvalue weighted by atomic mass is 9.81. The third-order valence-corrected chi connectivity index (χ3v) is 15.1. The van der Waals surface area contributed by atoms with E-state index in [2.05, 4.69) is 290 Å². The molecule has 0 saturated heterocycles. The van der Waals surface area contributed by atoms with Gasteiger partial charge in [0, 0.05) is 39.3 Å². The second-order valence-electron chi connectivity index (χ2n) is 22.8. The zero-order valence-electron chi connectivity index (χ0n) is 44.9. The highest BCUT2D eigenvalue weighted by Crippen LogP contribution is 2.63. The Morgan fingerprint density at radius 3 is 1.04 bits per heavy atom. The standard InChI is InChI=1S/C70H65N5/c1-67(2,3)52-36-42-54(43-37-52)73(61-32-22-20-30-57(61)50-26-16-12-17-27-50)65-59(46-71)60(47-72)66(64-63(65)69(7,8)75(70(64,9)10)56-40-34-49(35-41-56)48-24-14-11-15-25-48)74(55-44-38-53(39-45-55)68(4,5)6)62-33-23-21-31-58(62)51-28-18-13-19-29-51/h11-45H,1-10H3. The molecule has 0 saturated carbocycles. The van der Waals surface area contributed by atoms with Gasteiger partial charge in [-0.15, -0.1) is 0 Å². The van der Waals surface area contributed by atoms with E-state index in [1.807, 2.05) is 18.2 Å². The Hall–Kier alpha value is -8.64. The molecule has 0 N–H and O–H groups in total. The van der Waals surface area contributed by atoms with Gasteiger partial charge in [0.05, 0.1) is 45.0 Å². The van der Waals surface area contributed by atoms with E-state index in [0.717, 1.165) is 72.9 Å². The van der Waals surface area contributed by atoms with Gasteiger partial charge in [-0.3, -0.25) is 0 Å². The molecule has 0 aliphatic carbocycles. The van der Waals surface area contributed by atoms with Gasteiger partial charge >= 0.3 is 0 Å². The monoisotopic (exact) mass is 976 g/mol. The van der Waals surface area contributed by atoms with E-state index in [0.29, 0.717) is 22.5 Å². The van der Waals surface area contributed by atoms with Gasteiger partial charge in [-0.25, -0.2) is 0 Å². The van der Waals surface area contributed by atoms with E-state index >= 15 is 0 Å². The number of nitrogens with zero attached hydrogens (tertiary/aromatic N) is 5. The van der Waals surface area contributed by atoms with Crippen LogP contribution in [0.4, 0.5) is 39.8 Å². The molecule has 0 amide bonds. The van der Waals surface area contributed by atoms with Gasteiger partial charge in [-0.05, 0) is 120 Å². The van der Waals surface area contributed by atoms with Crippen LogP contribution in [0.1, 0.15) is 103 Å². The smallest absolute Gasteiger partial charge is 0.103 e. The predicted molar refractivity (Wildman–Crippen MR) is 314 cm³/mol. The SMILES string of the molecule is CC(C)(C)c1ccc(N(c2ccccc2-c2ccccc2)c2c(C#N)c(C#N)c(N(c3ccc(C(C)(C)C)cc3)c3ccccc3-c3ccccc3)c3c2C(C)(C)N(c2ccc(-c4ccccc4)cc2)C3(C)C)cc1. The highest BCUT2D eigenvalue weighted by molar-refractivity contribution is 6.00. The Balaban J connectivity index is 1.37. The summed E-state index contributed by atoms with van der Waals surface area (Å²) in [7, 11) is 0. The first kappa shape index (κ1) is 49.9. The summed E-state index contributed by atoms with van der Waals surface area (Å²) >= 11 is 0. The van der Waals surface area contributed by atoms with E-state index in [9.17, 15) is 10.5 Å². The number of hydrogen-bond acceptors (Lipinski definition) is 5. The van der Waals surface area contributed by atoms with Gasteiger partial charge in [0.25, 0.3) is 0 Å². The molecule has 10 rings (SSSR count). The lowest BCUT2D eigenvalue weighted by molar-refractivity contribution is 0.403. The molecule has 0 bridgehead atoms. The normalized spacial score (nSPS) is 13.6. The summed E-state index contributed by atoms with van der Waals surface area (Å²) < 4.78 is 0. The van der Waals surface area contributed by atoms with Crippen molar-refractivity contribution in [1.82, 2.24) is 0 Å².